The number of phenols is 1. The van der Waals surface area contributed by atoms with E-state index in [1.54, 1.807) is 23.1 Å². The van der Waals surface area contributed by atoms with Crippen LogP contribution in [0.2, 0.25) is 0 Å². The highest BCUT2D eigenvalue weighted by molar-refractivity contribution is 6.00. The van der Waals surface area contributed by atoms with E-state index in [0.717, 1.165) is 17.0 Å². The first-order valence-electron chi connectivity index (χ1n) is 8.46. The van der Waals surface area contributed by atoms with Crippen LogP contribution in [0, 0.1) is 0 Å². The van der Waals surface area contributed by atoms with Crippen LogP contribution >= 0.6 is 0 Å². The zero-order valence-corrected chi connectivity index (χ0v) is 13.8. The van der Waals surface area contributed by atoms with Crippen LogP contribution in [-0.4, -0.2) is 25.7 Å². The molecule has 0 amide bonds. The lowest BCUT2D eigenvalue weighted by Crippen LogP contribution is -2.33. The zero-order valence-electron chi connectivity index (χ0n) is 13.8. The van der Waals surface area contributed by atoms with Crippen molar-refractivity contribution in [2.75, 3.05) is 5.32 Å². The summed E-state index contributed by atoms with van der Waals surface area (Å²) in [6.45, 7) is 0. The molecule has 0 radical (unpaired) electrons. The number of benzene rings is 1. The molecule has 2 aromatic heterocycles. The number of nitrogens with one attached hydrogen (secondary N) is 1. The third-order valence-electron chi connectivity index (χ3n) is 5.02. The summed E-state index contributed by atoms with van der Waals surface area (Å²) in [6.07, 6.45) is 4.18. The maximum atomic E-state index is 13.1. The zero-order chi connectivity index (χ0) is 17.7. The van der Waals surface area contributed by atoms with Crippen LogP contribution in [0.3, 0.4) is 0 Å². The van der Waals surface area contributed by atoms with Crippen LogP contribution in [0.5, 0.6) is 5.75 Å². The van der Waals surface area contributed by atoms with E-state index in [2.05, 4.69) is 15.4 Å². The molecule has 3 aromatic rings. The number of aromatic nitrogens is 3. The first kappa shape index (κ1) is 14.9. The van der Waals surface area contributed by atoms with Crippen LogP contribution in [0.1, 0.15) is 36.1 Å². The molecule has 2 aliphatic rings. The highest BCUT2D eigenvalue weighted by Gasteiger charge is 2.39. The van der Waals surface area contributed by atoms with Crippen molar-refractivity contribution >= 4 is 11.7 Å². The summed E-state index contributed by atoms with van der Waals surface area (Å²) in [7, 11) is 0. The number of phenolic OH excluding ortho intramolecular Hbond substituents is 1. The van der Waals surface area contributed by atoms with Gasteiger partial charge < -0.3 is 14.8 Å². The van der Waals surface area contributed by atoms with Crippen LogP contribution < -0.4 is 5.32 Å². The van der Waals surface area contributed by atoms with E-state index in [1.165, 1.54) is 6.33 Å². The Kier molecular flexibility index (Phi) is 3.21. The van der Waals surface area contributed by atoms with Crippen LogP contribution in [0.25, 0.3) is 0 Å². The van der Waals surface area contributed by atoms with Gasteiger partial charge >= 0.3 is 0 Å². The second-order valence-corrected chi connectivity index (χ2v) is 6.58. The lowest BCUT2D eigenvalue weighted by Gasteiger charge is -2.34. The summed E-state index contributed by atoms with van der Waals surface area (Å²) < 4.78 is 7.24. The van der Waals surface area contributed by atoms with Crippen molar-refractivity contribution in [2.45, 2.75) is 24.8 Å². The minimum atomic E-state index is -0.352. The Bertz CT molecular complexity index is 1000. The number of carbonyl (C=O) groups excluding carboxylic acids is 1. The topological polar surface area (TPSA) is 93.2 Å². The Morgan fingerprint density at radius 3 is 2.81 bits per heavy atom. The van der Waals surface area contributed by atoms with Crippen molar-refractivity contribution in [2.24, 2.45) is 0 Å². The molecule has 0 spiro atoms. The van der Waals surface area contributed by atoms with Crippen molar-refractivity contribution in [3.05, 3.63) is 71.6 Å². The summed E-state index contributed by atoms with van der Waals surface area (Å²) in [5.41, 5.74) is 2.45. The van der Waals surface area contributed by atoms with E-state index in [0.29, 0.717) is 24.4 Å². The van der Waals surface area contributed by atoms with E-state index >= 15 is 0 Å². The number of rotatable bonds is 2. The Morgan fingerprint density at radius 1 is 1.19 bits per heavy atom. The number of Topliss-reactive ketones (excluding diaryl/α,β-unsaturated/α-hetero) is 1. The average Bonchev–Trinajstić information content (AvgIpc) is 3.32. The molecule has 7 nitrogen and oxygen atoms in total. The molecule has 0 unspecified atom stereocenters. The Morgan fingerprint density at radius 2 is 2.04 bits per heavy atom. The lowest BCUT2D eigenvalue weighted by atomic mass is 9.79. The molecule has 130 valence electrons. The second kappa shape index (κ2) is 5.59. The normalized spacial score (nSPS) is 21.9. The molecule has 2 N–H and O–H groups in total. The fraction of sp³-hybridized carbons (Fsp3) is 0.211. The Balaban J connectivity index is 1.62. The molecular weight excluding hydrogens is 332 g/mol. The van der Waals surface area contributed by atoms with Crippen molar-refractivity contribution in [3.8, 4) is 5.75 Å². The Labute approximate surface area is 149 Å². The monoisotopic (exact) mass is 348 g/mol. The molecule has 1 aromatic carbocycles. The second-order valence-electron chi connectivity index (χ2n) is 6.58. The fourth-order valence-corrected chi connectivity index (χ4v) is 3.84. The van der Waals surface area contributed by atoms with Gasteiger partial charge in [-0.15, -0.1) is 0 Å². The minimum Gasteiger partial charge on any atom is -0.508 e. The number of ketones is 1. The van der Waals surface area contributed by atoms with Gasteiger partial charge in [0.1, 0.15) is 23.9 Å². The number of anilines is 1. The number of furan rings is 1. The highest BCUT2D eigenvalue weighted by atomic mass is 16.3. The summed E-state index contributed by atoms with van der Waals surface area (Å²) in [5, 5.41) is 17.2. The largest absolute Gasteiger partial charge is 0.508 e. The van der Waals surface area contributed by atoms with E-state index in [9.17, 15) is 9.90 Å². The van der Waals surface area contributed by atoms with E-state index in [-0.39, 0.29) is 23.5 Å². The molecular formula is C19H16N4O3. The predicted octanol–water partition coefficient (Wildman–Crippen LogP) is 2.99. The summed E-state index contributed by atoms with van der Waals surface area (Å²) in [6, 6.07) is 10.3. The van der Waals surface area contributed by atoms with Crippen LogP contribution in [-0.2, 0) is 4.79 Å². The fourth-order valence-electron chi connectivity index (χ4n) is 3.84. The number of carbonyl (C=O) groups is 1. The van der Waals surface area contributed by atoms with Crippen LogP contribution in [0.4, 0.5) is 5.95 Å². The van der Waals surface area contributed by atoms with Gasteiger partial charge in [-0.3, -0.25) is 4.79 Å². The molecule has 5 rings (SSSR count). The summed E-state index contributed by atoms with van der Waals surface area (Å²) in [5.74, 6) is 1.69. The van der Waals surface area contributed by atoms with Gasteiger partial charge in [-0.2, -0.15) is 10.1 Å². The number of fused-ring (bicyclic) bond motifs is 1. The van der Waals surface area contributed by atoms with Gasteiger partial charge in [0.25, 0.3) is 0 Å². The molecule has 7 heteroatoms. The molecule has 2 atom stereocenters. The number of hydrogen-bond donors (Lipinski definition) is 2. The van der Waals surface area contributed by atoms with Gasteiger partial charge in [0, 0.05) is 23.6 Å². The number of nitrogens with zero attached hydrogens (tertiary/aromatic N) is 3. The average molecular weight is 348 g/mol. The van der Waals surface area contributed by atoms with E-state index < -0.39 is 0 Å². The lowest BCUT2D eigenvalue weighted by molar-refractivity contribution is -0.117. The first-order valence-corrected chi connectivity index (χ1v) is 8.46. The van der Waals surface area contributed by atoms with Crippen molar-refractivity contribution < 1.29 is 14.3 Å². The van der Waals surface area contributed by atoms with E-state index in [4.69, 9.17) is 4.42 Å². The van der Waals surface area contributed by atoms with Gasteiger partial charge in [-0.1, -0.05) is 12.1 Å². The van der Waals surface area contributed by atoms with E-state index in [1.807, 2.05) is 24.3 Å². The Hall–Kier alpha value is -3.35. The predicted molar refractivity (Wildman–Crippen MR) is 92.6 cm³/mol. The summed E-state index contributed by atoms with van der Waals surface area (Å²) >= 11 is 0. The van der Waals surface area contributed by atoms with Gasteiger partial charge in [0.15, 0.2) is 5.78 Å². The van der Waals surface area contributed by atoms with Crippen molar-refractivity contribution in [3.63, 3.8) is 0 Å². The summed E-state index contributed by atoms with van der Waals surface area (Å²) in [4.78, 5) is 17.3. The molecule has 0 saturated carbocycles. The molecule has 26 heavy (non-hydrogen) atoms. The van der Waals surface area contributed by atoms with Crippen molar-refractivity contribution in [1.82, 2.24) is 14.8 Å². The quantitative estimate of drug-likeness (QED) is 0.739. The van der Waals surface area contributed by atoms with Gasteiger partial charge in [-0.25, -0.2) is 4.68 Å². The molecule has 3 heterocycles. The number of allylic oxidation sites excluding steroid dienone is 2. The SMILES string of the molecule is O=C1C[C@@H](c2ccco2)CC2=C1[C@H](c1ccc(O)cc1)n1ncnc1N2. The molecule has 1 aliphatic carbocycles. The first-order chi connectivity index (χ1) is 12.7. The van der Waals surface area contributed by atoms with Gasteiger partial charge in [-0.05, 0) is 36.2 Å². The third kappa shape index (κ3) is 2.24. The van der Waals surface area contributed by atoms with Crippen molar-refractivity contribution in [1.29, 1.82) is 0 Å². The minimum absolute atomic E-state index is 0.0127. The standard InChI is InChI=1S/C19H16N4O3/c24-13-5-3-11(4-6-13)18-17-14(22-19-20-10-21-23(18)19)8-12(9-15(17)25)16-2-1-7-26-16/h1-7,10,12,18,24H,8-9H2,(H,20,21,22)/t12-,18-/m0/s1. The maximum absolute atomic E-state index is 13.1. The van der Waals surface area contributed by atoms with Gasteiger partial charge in [0.05, 0.1) is 6.26 Å². The molecule has 0 saturated heterocycles. The maximum Gasteiger partial charge on any atom is 0.226 e. The molecule has 0 fully saturated rings. The number of hydrogen-bond acceptors (Lipinski definition) is 6. The smallest absolute Gasteiger partial charge is 0.226 e. The number of aromatic hydroxyl groups is 1. The third-order valence-corrected chi connectivity index (χ3v) is 5.02. The highest BCUT2D eigenvalue weighted by Crippen LogP contribution is 2.43. The molecule has 1 aliphatic heterocycles. The van der Waals surface area contributed by atoms with Crippen LogP contribution in [0.15, 0.2) is 64.7 Å². The molecule has 0 bridgehead atoms. The van der Waals surface area contributed by atoms with Gasteiger partial charge in [0.2, 0.25) is 5.95 Å².